The van der Waals surface area contributed by atoms with Gasteiger partial charge in [-0.25, -0.2) is 0 Å². The Morgan fingerprint density at radius 3 is 2.72 bits per heavy atom. The summed E-state index contributed by atoms with van der Waals surface area (Å²) >= 11 is 0. The van der Waals surface area contributed by atoms with Gasteiger partial charge >= 0.3 is 0 Å². The molecule has 6 nitrogen and oxygen atoms in total. The fourth-order valence-corrected chi connectivity index (χ4v) is 2.08. The molecular weight excluding hydrogens is 232 g/mol. The third-order valence-corrected chi connectivity index (χ3v) is 2.96. The van der Waals surface area contributed by atoms with E-state index in [-0.39, 0.29) is 11.8 Å². The molecule has 6 heteroatoms. The summed E-state index contributed by atoms with van der Waals surface area (Å²) in [5, 5.41) is 6.83. The van der Waals surface area contributed by atoms with Crippen molar-refractivity contribution < 1.29 is 9.59 Å². The minimum absolute atomic E-state index is 0.0200. The number of carbonyl (C=O) groups is 2. The van der Waals surface area contributed by atoms with Gasteiger partial charge in [0.25, 0.3) is 0 Å². The second-order valence-electron chi connectivity index (χ2n) is 4.46. The van der Waals surface area contributed by atoms with Crippen molar-refractivity contribution >= 4 is 18.0 Å². The normalized spacial score (nSPS) is 12.1. The molecule has 0 saturated heterocycles. The van der Waals surface area contributed by atoms with Crippen LogP contribution >= 0.6 is 0 Å². The van der Waals surface area contributed by atoms with Crippen molar-refractivity contribution in [1.82, 2.24) is 15.1 Å². The minimum atomic E-state index is -0.158. The molecule has 1 N–H and O–H groups in total. The van der Waals surface area contributed by atoms with Crippen molar-refractivity contribution in [2.75, 3.05) is 25.5 Å². The first-order chi connectivity index (χ1) is 8.42. The summed E-state index contributed by atoms with van der Waals surface area (Å²) in [6.45, 7) is 4.17. The van der Waals surface area contributed by atoms with Crippen molar-refractivity contribution in [3.8, 4) is 0 Å². The first-order valence-corrected chi connectivity index (χ1v) is 5.83. The van der Waals surface area contributed by atoms with Gasteiger partial charge < -0.3 is 10.2 Å². The summed E-state index contributed by atoms with van der Waals surface area (Å²) < 4.78 is 1.66. The molecule has 100 valence electrons. The monoisotopic (exact) mass is 252 g/mol. The molecule has 1 heterocycles. The highest BCUT2D eigenvalue weighted by Crippen LogP contribution is 2.21. The van der Waals surface area contributed by atoms with E-state index in [4.69, 9.17) is 0 Å². The number of aldehydes is 1. The molecule has 0 fully saturated rings. The second-order valence-corrected chi connectivity index (χ2v) is 4.46. The number of nitrogens with one attached hydrogen (secondary N) is 1. The number of nitrogens with zero attached hydrogens (tertiary/aromatic N) is 3. The van der Waals surface area contributed by atoms with Gasteiger partial charge in [-0.05, 0) is 6.92 Å². The summed E-state index contributed by atoms with van der Waals surface area (Å²) in [4.78, 5) is 24.5. The molecule has 0 bridgehead atoms. The highest BCUT2D eigenvalue weighted by atomic mass is 16.1. The zero-order valence-electron chi connectivity index (χ0n) is 11.5. The van der Waals surface area contributed by atoms with E-state index >= 15 is 0 Å². The fourth-order valence-electron chi connectivity index (χ4n) is 2.08. The van der Waals surface area contributed by atoms with Crippen LogP contribution in [0, 0.1) is 12.8 Å². The van der Waals surface area contributed by atoms with Crippen molar-refractivity contribution in [2.24, 2.45) is 13.0 Å². The molecule has 1 aromatic heterocycles. The summed E-state index contributed by atoms with van der Waals surface area (Å²) in [5.41, 5.74) is 1.27. The standard InChI is InChI=1S/C12H20N4O2/c1-8(11(18)13-3)6-15(4)12-10(7-17)9(2)14-16(12)5/h7-8H,6H2,1-5H3,(H,13,18). The van der Waals surface area contributed by atoms with E-state index in [2.05, 4.69) is 10.4 Å². The highest BCUT2D eigenvalue weighted by molar-refractivity contribution is 5.85. The average Bonchev–Trinajstić information content (AvgIpc) is 2.61. The van der Waals surface area contributed by atoms with Crippen LogP contribution in [0.25, 0.3) is 0 Å². The third kappa shape index (κ3) is 2.69. The Kier molecular flexibility index (Phi) is 4.47. The molecule has 0 aliphatic carbocycles. The SMILES string of the molecule is CNC(=O)C(C)CN(C)c1c(C=O)c(C)nn1C. The molecule has 0 aliphatic heterocycles. The molecule has 0 aliphatic rings. The Labute approximate surface area is 107 Å². The lowest BCUT2D eigenvalue weighted by molar-refractivity contribution is -0.123. The number of aryl methyl sites for hydroxylation is 2. The largest absolute Gasteiger partial charge is 0.359 e. The average molecular weight is 252 g/mol. The minimum Gasteiger partial charge on any atom is -0.359 e. The van der Waals surface area contributed by atoms with Gasteiger partial charge in [-0.15, -0.1) is 0 Å². The molecule has 1 atom stereocenters. The summed E-state index contributed by atoms with van der Waals surface area (Å²) in [7, 11) is 5.25. The molecule has 0 radical (unpaired) electrons. The van der Waals surface area contributed by atoms with Gasteiger partial charge in [-0.3, -0.25) is 14.3 Å². The molecule has 0 saturated carbocycles. The first kappa shape index (κ1) is 14.2. The first-order valence-electron chi connectivity index (χ1n) is 5.83. The molecule has 0 spiro atoms. The van der Waals surface area contributed by atoms with Crippen LogP contribution in [0.5, 0.6) is 0 Å². The predicted molar refractivity (Wildman–Crippen MR) is 69.8 cm³/mol. The van der Waals surface area contributed by atoms with Gasteiger partial charge in [0, 0.05) is 27.7 Å². The second kappa shape index (κ2) is 5.66. The van der Waals surface area contributed by atoms with Gasteiger partial charge in [0.15, 0.2) is 6.29 Å². The maximum Gasteiger partial charge on any atom is 0.224 e. The number of carbonyl (C=O) groups excluding carboxylic acids is 2. The summed E-state index contributed by atoms with van der Waals surface area (Å²) in [5.74, 6) is 0.557. The van der Waals surface area contributed by atoms with Crippen molar-refractivity contribution in [3.63, 3.8) is 0 Å². The fraction of sp³-hybridized carbons (Fsp3) is 0.583. The van der Waals surface area contributed by atoms with Crippen molar-refractivity contribution in [1.29, 1.82) is 0 Å². The molecule has 1 amide bonds. The summed E-state index contributed by atoms with van der Waals surface area (Å²) in [6, 6.07) is 0. The van der Waals surface area contributed by atoms with Crippen LogP contribution in [0.4, 0.5) is 5.82 Å². The molecule has 1 aromatic rings. The van der Waals surface area contributed by atoms with Gasteiger partial charge in [-0.2, -0.15) is 5.10 Å². The van der Waals surface area contributed by atoms with Crippen LogP contribution in [-0.4, -0.2) is 42.6 Å². The molecule has 1 unspecified atom stereocenters. The van der Waals surface area contributed by atoms with Crippen molar-refractivity contribution in [3.05, 3.63) is 11.3 Å². The van der Waals surface area contributed by atoms with Crippen LogP contribution in [0.2, 0.25) is 0 Å². The molecule has 1 rings (SSSR count). The number of anilines is 1. The summed E-state index contributed by atoms with van der Waals surface area (Å²) in [6.07, 6.45) is 0.804. The Morgan fingerprint density at radius 1 is 1.61 bits per heavy atom. The van der Waals surface area contributed by atoms with E-state index in [0.717, 1.165) is 12.1 Å². The lowest BCUT2D eigenvalue weighted by Gasteiger charge is -2.23. The van der Waals surface area contributed by atoms with Gasteiger partial charge in [-0.1, -0.05) is 6.92 Å². The zero-order chi connectivity index (χ0) is 13.9. The number of hydrogen-bond donors (Lipinski definition) is 1. The van der Waals surface area contributed by atoms with Gasteiger partial charge in [0.05, 0.1) is 17.2 Å². The van der Waals surface area contributed by atoms with Gasteiger partial charge in [0.1, 0.15) is 5.82 Å². The van der Waals surface area contributed by atoms with E-state index in [1.165, 1.54) is 0 Å². The van der Waals surface area contributed by atoms with Crippen LogP contribution in [0.3, 0.4) is 0 Å². The van der Waals surface area contributed by atoms with Crippen LogP contribution in [0.15, 0.2) is 0 Å². The molecule has 0 aromatic carbocycles. The number of hydrogen-bond acceptors (Lipinski definition) is 4. The van der Waals surface area contributed by atoms with E-state index in [1.54, 1.807) is 25.7 Å². The zero-order valence-corrected chi connectivity index (χ0v) is 11.5. The van der Waals surface area contributed by atoms with Gasteiger partial charge in [0.2, 0.25) is 5.91 Å². The Hall–Kier alpha value is -1.85. The number of amides is 1. The predicted octanol–water partition coefficient (Wildman–Crippen LogP) is 0.359. The van der Waals surface area contributed by atoms with Crippen LogP contribution in [0.1, 0.15) is 23.0 Å². The molecule has 18 heavy (non-hydrogen) atoms. The Balaban J connectivity index is 2.94. The maximum atomic E-state index is 11.5. The number of rotatable bonds is 5. The lowest BCUT2D eigenvalue weighted by atomic mass is 10.1. The Bertz CT molecular complexity index is 453. The van der Waals surface area contributed by atoms with E-state index in [1.807, 2.05) is 18.9 Å². The lowest BCUT2D eigenvalue weighted by Crippen LogP contribution is -2.35. The number of aromatic nitrogens is 2. The third-order valence-electron chi connectivity index (χ3n) is 2.96. The van der Waals surface area contributed by atoms with E-state index < -0.39 is 0 Å². The topological polar surface area (TPSA) is 67.2 Å². The van der Waals surface area contributed by atoms with Crippen LogP contribution in [-0.2, 0) is 11.8 Å². The highest BCUT2D eigenvalue weighted by Gasteiger charge is 2.20. The maximum absolute atomic E-state index is 11.5. The van der Waals surface area contributed by atoms with E-state index in [0.29, 0.717) is 17.8 Å². The molecular formula is C12H20N4O2. The van der Waals surface area contributed by atoms with E-state index in [9.17, 15) is 9.59 Å². The Morgan fingerprint density at radius 2 is 2.22 bits per heavy atom. The quantitative estimate of drug-likeness (QED) is 0.768. The van der Waals surface area contributed by atoms with Crippen molar-refractivity contribution in [2.45, 2.75) is 13.8 Å². The smallest absolute Gasteiger partial charge is 0.224 e. The van der Waals surface area contributed by atoms with Crippen LogP contribution < -0.4 is 10.2 Å².